The largest absolute Gasteiger partial charge is 0.486 e. The summed E-state index contributed by atoms with van der Waals surface area (Å²) in [6.07, 6.45) is 0. The lowest BCUT2D eigenvalue weighted by atomic mass is 10.1. The maximum atomic E-state index is 12.9. The van der Waals surface area contributed by atoms with E-state index in [1.807, 2.05) is 13.0 Å². The van der Waals surface area contributed by atoms with Gasteiger partial charge in [0.05, 0.1) is 16.3 Å². The molecule has 1 aromatic heterocycles. The van der Waals surface area contributed by atoms with E-state index < -0.39 is 10.0 Å². The Labute approximate surface area is 182 Å². The number of hydrogen-bond acceptors (Lipinski definition) is 8. The number of carbonyl (C=O) groups is 1. The van der Waals surface area contributed by atoms with Gasteiger partial charge in [-0.2, -0.15) is 0 Å². The molecule has 160 valence electrons. The van der Waals surface area contributed by atoms with Crippen LogP contribution in [0.1, 0.15) is 4.88 Å². The molecule has 3 aromatic rings. The molecule has 5 rings (SSSR count). The highest BCUT2D eigenvalue weighted by molar-refractivity contribution is 7.93. The summed E-state index contributed by atoms with van der Waals surface area (Å²) in [6, 6.07) is 9.80. The molecule has 2 aromatic carbocycles. The van der Waals surface area contributed by atoms with E-state index in [0.717, 1.165) is 10.4 Å². The summed E-state index contributed by atoms with van der Waals surface area (Å²) < 4.78 is 44.6. The van der Waals surface area contributed by atoms with Crippen LogP contribution in [0.2, 0.25) is 0 Å². The van der Waals surface area contributed by atoms with E-state index in [-0.39, 0.29) is 22.5 Å². The van der Waals surface area contributed by atoms with Crippen LogP contribution in [0.15, 0.2) is 41.3 Å². The minimum Gasteiger partial charge on any atom is -0.486 e. The molecule has 0 spiro atoms. The average molecular weight is 460 g/mol. The first kappa shape index (κ1) is 19.6. The Morgan fingerprint density at radius 2 is 1.81 bits per heavy atom. The number of fused-ring (bicyclic) bond motifs is 2. The second-order valence-corrected chi connectivity index (χ2v) is 9.77. The van der Waals surface area contributed by atoms with Gasteiger partial charge in [0.2, 0.25) is 0 Å². The highest BCUT2D eigenvalue weighted by Crippen LogP contribution is 2.37. The van der Waals surface area contributed by atoms with Crippen LogP contribution in [0.25, 0.3) is 11.3 Å². The maximum Gasteiger partial charge on any atom is 0.263 e. The number of nitrogens with one attached hydrogen (secondary N) is 2. The van der Waals surface area contributed by atoms with E-state index in [2.05, 4.69) is 15.0 Å². The Kier molecular flexibility index (Phi) is 4.71. The number of aryl methyl sites for hydroxylation is 1. The predicted octanol–water partition coefficient (Wildman–Crippen LogP) is 3.02. The minimum atomic E-state index is -3.87. The van der Waals surface area contributed by atoms with Crippen molar-refractivity contribution in [3.63, 3.8) is 0 Å². The topological polar surface area (TPSA) is 116 Å². The summed E-state index contributed by atoms with van der Waals surface area (Å²) >= 11 is 1.22. The van der Waals surface area contributed by atoms with Gasteiger partial charge in [0, 0.05) is 16.5 Å². The smallest absolute Gasteiger partial charge is 0.263 e. The van der Waals surface area contributed by atoms with E-state index >= 15 is 0 Å². The Hall–Kier alpha value is -3.31. The molecule has 31 heavy (non-hydrogen) atoms. The van der Waals surface area contributed by atoms with Gasteiger partial charge < -0.3 is 19.5 Å². The van der Waals surface area contributed by atoms with Crippen LogP contribution >= 0.6 is 11.3 Å². The summed E-state index contributed by atoms with van der Waals surface area (Å²) in [5.74, 6) is 1.26. The lowest BCUT2D eigenvalue weighted by molar-refractivity contribution is -0.118. The number of nitrogens with zero attached hydrogens (tertiary/aromatic N) is 1. The molecule has 2 N–H and O–H groups in total. The van der Waals surface area contributed by atoms with Crippen LogP contribution in [-0.2, 0) is 14.8 Å². The Morgan fingerprint density at radius 1 is 1.03 bits per heavy atom. The van der Waals surface area contributed by atoms with Crippen LogP contribution < -0.4 is 24.2 Å². The number of hydrogen-bond donors (Lipinski definition) is 2. The predicted molar refractivity (Wildman–Crippen MR) is 115 cm³/mol. The van der Waals surface area contributed by atoms with Crippen LogP contribution in [-0.4, -0.2) is 39.1 Å². The van der Waals surface area contributed by atoms with Gasteiger partial charge in [-0.05, 0) is 37.3 Å². The molecule has 3 heterocycles. The summed E-state index contributed by atoms with van der Waals surface area (Å²) in [5.41, 5.74) is 1.91. The first-order valence-corrected chi connectivity index (χ1v) is 11.7. The van der Waals surface area contributed by atoms with Crippen molar-refractivity contribution in [3.05, 3.63) is 41.3 Å². The Morgan fingerprint density at radius 3 is 2.65 bits per heavy atom. The number of amides is 1. The van der Waals surface area contributed by atoms with Crippen LogP contribution in [0.4, 0.5) is 10.8 Å². The molecule has 0 fully saturated rings. The summed E-state index contributed by atoms with van der Waals surface area (Å²) in [4.78, 5) is 16.9. The Balaban J connectivity index is 1.42. The average Bonchev–Trinajstić information content (AvgIpc) is 3.12. The molecule has 0 atom stereocenters. The number of anilines is 2. The monoisotopic (exact) mass is 459 g/mol. The number of carbonyl (C=O) groups excluding carboxylic acids is 1. The van der Waals surface area contributed by atoms with Crippen molar-refractivity contribution >= 4 is 38.1 Å². The fraction of sp³-hybridized carbons (Fsp3) is 0.200. The zero-order chi connectivity index (χ0) is 21.6. The summed E-state index contributed by atoms with van der Waals surface area (Å²) in [6.45, 7) is 2.62. The third-order valence-corrected chi connectivity index (χ3v) is 7.08. The lowest BCUT2D eigenvalue weighted by Gasteiger charge is -2.18. The number of rotatable bonds is 4. The molecule has 0 radical (unpaired) electrons. The first-order valence-electron chi connectivity index (χ1n) is 9.36. The van der Waals surface area contributed by atoms with Gasteiger partial charge in [-0.25, -0.2) is 13.4 Å². The van der Waals surface area contributed by atoms with Gasteiger partial charge in [0.25, 0.3) is 15.9 Å². The molecule has 9 nitrogen and oxygen atoms in total. The number of benzene rings is 2. The van der Waals surface area contributed by atoms with Gasteiger partial charge in [0.1, 0.15) is 19.0 Å². The number of aromatic nitrogens is 1. The Bertz CT molecular complexity index is 1300. The van der Waals surface area contributed by atoms with Gasteiger partial charge in [-0.3, -0.25) is 9.52 Å². The standard InChI is InChI=1S/C20H17N3O6S2/c1-11-19(12-2-4-15-14(8-12)21-18(24)10-29-15)22-20(30-11)23-31(25,26)13-3-5-16-17(9-13)28-7-6-27-16/h2-5,8-9H,6-7,10H2,1H3,(H,21,24)(H,22,23). The minimum absolute atomic E-state index is 0.0200. The molecule has 2 aliphatic rings. The number of sulfonamides is 1. The van der Waals surface area contributed by atoms with Crippen molar-refractivity contribution < 1.29 is 27.4 Å². The van der Waals surface area contributed by atoms with E-state index in [1.165, 1.54) is 23.5 Å². The van der Waals surface area contributed by atoms with Crippen LogP contribution in [0.3, 0.4) is 0 Å². The normalized spacial score (nSPS) is 14.9. The zero-order valence-corrected chi connectivity index (χ0v) is 17.9. The summed E-state index contributed by atoms with van der Waals surface area (Å²) in [7, 11) is -3.87. The fourth-order valence-corrected chi connectivity index (χ4v) is 5.39. The first-order chi connectivity index (χ1) is 14.9. The second kappa shape index (κ2) is 7.43. The molecular weight excluding hydrogens is 442 g/mol. The molecule has 2 aliphatic heterocycles. The van der Waals surface area contributed by atoms with Gasteiger partial charge in [0.15, 0.2) is 23.2 Å². The quantitative estimate of drug-likeness (QED) is 0.616. The lowest BCUT2D eigenvalue weighted by Crippen LogP contribution is -2.25. The molecule has 0 aliphatic carbocycles. The molecule has 0 bridgehead atoms. The fourth-order valence-electron chi connectivity index (χ4n) is 3.30. The number of ether oxygens (including phenoxy) is 3. The molecule has 0 saturated carbocycles. The zero-order valence-electron chi connectivity index (χ0n) is 16.3. The van der Waals surface area contributed by atoms with Crippen molar-refractivity contribution in [2.75, 3.05) is 29.9 Å². The van der Waals surface area contributed by atoms with Gasteiger partial charge in [-0.1, -0.05) is 0 Å². The van der Waals surface area contributed by atoms with Crippen molar-refractivity contribution in [1.82, 2.24) is 4.98 Å². The summed E-state index contributed by atoms with van der Waals surface area (Å²) in [5, 5.41) is 3.00. The van der Waals surface area contributed by atoms with Gasteiger partial charge >= 0.3 is 0 Å². The SMILES string of the molecule is Cc1sc(NS(=O)(=O)c2ccc3c(c2)OCCO3)nc1-c1ccc2c(c1)NC(=O)CO2. The van der Waals surface area contributed by atoms with E-state index in [9.17, 15) is 13.2 Å². The van der Waals surface area contributed by atoms with Crippen LogP contribution in [0.5, 0.6) is 17.2 Å². The molecule has 0 saturated heterocycles. The molecular formula is C20H17N3O6S2. The van der Waals surface area contributed by atoms with E-state index in [0.29, 0.717) is 41.8 Å². The second-order valence-electron chi connectivity index (χ2n) is 6.88. The highest BCUT2D eigenvalue weighted by Gasteiger charge is 2.22. The molecule has 0 unspecified atom stereocenters. The van der Waals surface area contributed by atoms with Gasteiger partial charge in [-0.15, -0.1) is 11.3 Å². The third kappa shape index (κ3) is 3.77. The number of thiazole rings is 1. The van der Waals surface area contributed by atoms with Crippen molar-refractivity contribution in [3.8, 4) is 28.5 Å². The maximum absolute atomic E-state index is 12.9. The van der Waals surface area contributed by atoms with E-state index in [1.54, 1.807) is 18.2 Å². The van der Waals surface area contributed by atoms with Crippen LogP contribution in [0, 0.1) is 6.92 Å². The van der Waals surface area contributed by atoms with Crippen molar-refractivity contribution in [2.45, 2.75) is 11.8 Å². The molecule has 11 heteroatoms. The van der Waals surface area contributed by atoms with E-state index in [4.69, 9.17) is 14.2 Å². The highest BCUT2D eigenvalue weighted by atomic mass is 32.2. The molecule has 1 amide bonds. The van der Waals surface area contributed by atoms with Crippen molar-refractivity contribution in [2.24, 2.45) is 0 Å². The third-order valence-electron chi connectivity index (χ3n) is 4.73. The van der Waals surface area contributed by atoms with Crippen molar-refractivity contribution in [1.29, 1.82) is 0 Å².